The second-order valence-corrected chi connectivity index (χ2v) is 8.64. The molecule has 1 saturated heterocycles. The van der Waals surface area contributed by atoms with Crippen molar-refractivity contribution in [2.75, 3.05) is 0 Å². The number of pyridine rings is 2. The molecule has 0 radical (unpaired) electrons. The Kier molecular flexibility index (Phi) is 5.64. The minimum atomic E-state index is -0.254. The Hall–Kier alpha value is -3.58. The van der Waals surface area contributed by atoms with Crippen molar-refractivity contribution in [1.82, 2.24) is 24.8 Å². The van der Waals surface area contributed by atoms with Crippen LogP contribution in [0.3, 0.4) is 0 Å². The zero-order chi connectivity index (χ0) is 22.9. The van der Waals surface area contributed by atoms with Crippen LogP contribution in [0.1, 0.15) is 40.3 Å². The highest BCUT2D eigenvalue weighted by Gasteiger charge is 2.41. The number of nitrogens with zero attached hydrogens (tertiary/aromatic N) is 4. The van der Waals surface area contributed by atoms with Crippen LogP contribution in [-0.2, 0) is 6.54 Å². The van der Waals surface area contributed by atoms with Crippen molar-refractivity contribution in [2.24, 2.45) is 0 Å². The molecule has 2 atom stereocenters. The molecule has 5 rings (SSSR count). The molecular weight excluding hydrogens is 433 g/mol. The summed E-state index contributed by atoms with van der Waals surface area (Å²) in [5, 5.41) is 4.19. The zero-order valence-corrected chi connectivity index (χ0v) is 19.3. The number of aryl methyl sites for hydroxylation is 1. The second kappa shape index (κ2) is 8.75. The quantitative estimate of drug-likeness (QED) is 0.418. The van der Waals surface area contributed by atoms with Crippen molar-refractivity contribution < 1.29 is 4.39 Å². The molecule has 1 aromatic carbocycles. The molecule has 4 aromatic rings. The summed E-state index contributed by atoms with van der Waals surface area (Å²) >= 11 is 5.80. The SMILES string of the molecule is Cc1cc([C@@H]2[C@H](c3ccccn3)NC(=S)N2Cc2ccncc2)c(C)n1-c1cccc(F)c1. The molecule has 1 fully saturated rings. The molecule has 0 saturated carbocycles. The third-order valence-corrected chi connectivity index (χ3v) is 6.51. The first-order valence-corrected chi connectivity index (χ1v) is 11.3. The number of hydrogen-bond acceptors (Lipinski definition) is 3. The molecule has 166 valence electrons. The molecule has 1 aliphatic heterocycles. The Morgan fingerprint density at radius 1 is 1.00 bits per heavy atom. The Morgan fingerprint density at radius 2 is 1.82 bits per heavy atom. The predicted octanol–water partition coefficient (Wildman–Crippen LogP) is 5.20. The summed E-state index contributed by atoms with van der Waals surface area (Å²) in [7, 11) is 0. The van der Waals surface area contributed by atoms with Crippen molar-refractivity contribution in [3.63, 3.8) is 0 Å². The lowest BCUT2D eigenvalue weighted by Crippen LogP contribution is -2.29. The van der Waals surface area contributed by atoms with Gasteiger partial charge in [-0.25, -0.2) is 4.39 Å². The third-order valence-electron chi connectivity index (χ3n) is 6.16. The van der Waals surface area contributed by atoms with Crippen LogP contribution < -0.4 is 5.32 Å². The van der Waals surface area contributed by atoms with Crippen molar-refractivity contribution >= 4 is 17.3 Å². The largest absolute Gasteiger partial charge is 0.352 e. The minimum absolute atomic E-state index is 0.0749. The Bertz CT molecular complexity index is 1290. The smallest absolute Gasteiger partial charge is 0.170 e. The Balaban J connectivity index is 1.62. The van der Waals surface area contributed by atoms with Crippen molar-refractivity contribution in [3.8, 4) is 5.69 Å². The van der Waals surface area contributed by atoms with Crippen LogP contribution in [-0.4, -0.2) is 24.5 Å². The first-order valence-electron chi connectivity index (χ1n) is 10.8. The summed E-state index contributed by atoms with van der Waals surface area (Å²) in [6.07, 6.45) is 5.39. The van der Waals surface area contributed by atoms with Crippen LogP contribution in [0.2, 0.25) is 0 Å². The monoisotopic (exact) mass is 457 g/mol. The summed E-state index contributed by atoms with van der Waals surface area (Å²) in [6.45, 7) is 4.77. The number of thiocarbonyl (C=S) groups is 1. The van der Waals surface area contributed by atoms with E-state index >= 15 is 0 Å². The first-order chi connectivity index (χ1) is 16.0. The average Bonchev–Trinajstić information content (AvgIpc) is 3.30. The van der Waals surface area contributed by atoms with Gasteiger partial charge in [0, 0.05) is 42.2 Å². The predicted molar refractivity (Wildman–Crippen MR) is 130 cm³/mol. The molecule has 1 aliphatic rings. The summed E-state index contributed by atoms with van der Waals surface area (Å²) in [4.78, 5) is 11.0. The maximum absolute atomic E-state index is 14.0. The molecular formula is C26H24FN5S. The van der Waals surface area contributed by atoms with E-state index in [0.717, 1.165) is 33.9 Å². The Morgan fingerprint density at radius 3 is 2.55 bits per heavy atom. The van der Waals surface area contributed by atoms with Gasteiger partial charge in [0.05, 0.1) is 17.8 Å². The lowest BCUT2D eigenvalue weighted by Gasteiger charge is -2.28. The van der Waals surface area contributed by atoms with E-state index in [9.17, 15) is 4.39 Å². The summed E-state index contributed by atoms with van der Waals surface area (Å²) in [5.74, 6) is -0.254. The van der Waals surface area contributed by atoms with Crippen LogP contribution >= 0.6 is 12.2 Å². The molecule has 0 unspecified atom stereocenters. The van der Waals surface area contributed by atoms with E-state index < -0.39 is 0 Å². The van der Waals surface area contributed by atoms with Crippen molar-refractivity contribution in [1.29, 1.82) is 0 Å². The van der Waals surface area contributed by atoms with Gasteiger partial charge in [-0.1, -0.05) is 12.1 Å². The lowest BCUT2D eigenvalue weighted by atomic mass is 9.96. The van der Waals surface area contributed by atoms with Crippen LogP contribution in [0.25, 0.3) is 5.69 Å². The van der Waals surface area contributed by atoms with E-state index in [-0.39, 0.29) is 17.9 Å². The fourth-order valence-corrected chi connectivity index (χ4v) is 5.00. The van der Waals surface area contributed by atoms with E-state index in [4.69, 9.17) is 12.2 Å². The fourth-order valence-electron chi connectivity index (χ4n) is 4.70. The van der Waals surface area contributed by atoms with Gasteiger partial charge in [-0.15, -0.1) is 0 Å². The second-order valence-electron chi connectivity index (χ2n) is 8.25. The number of nitrogens with one attached hydrogen (secondary N) is 1. The number of hydrogen-bond donors (Lipinski definition) is 1. The van der Waals surface area contributed by atoms with Crippen LogP contribution in [0.4, 0.5) is 4.39 Å². The molecule has 5 nitrogen and oxygen atoms in total. The molecule has 0 amide bonds. The molecule has 33 heavy (non-hydrogen) atoms. The fraction of sp³-hybridized carbons (Fsp3) is 0.192. The highest BCUT2D eigenvalue weighted by molar-refractivity contribution is 7.80. The summed E-state index contributed by atoms with van der Waals surface area (Å²) < 4.78 is 16.1. The van der Waals surface area contributed by atoms with Gasteiger partial charge < -0.3 is 14.8 Å². The molecule has 4 heterocycles. The van der Waals surface area contributed by atoms with E-state index in [0.29, 0.717) is 11.7 Å². The van der Waals surface area contributed by atoms with E-state index in [2.05, 4.69) is 37.7 Å². The van der Waals surface area contributed by atoms with E-state index in [1.807, 2.05) is 43.3 Å². The Labute approximate surface area is 197 Å². The van der Waals surface area contributed by atoms with E-state index in [1.54, 1.807) is 30.7 Å². The molecule has 7 heteroatoms. The highest BCUT2D eigenvalue weighted by Crippen LogP contribution is 2.42. The lowest BCUT2D eigenvalue weighted by molar-refractivity contribution is 0.310. The minimum Gasteiger partial charge on any atom is -0.352 e. The number of benzene rings is 1. The van der Waals surface area contributed by atoms with Gasteiger partial charge in [-0.3, -0.25) is 9.97 Å². The van der Waals surface area contributed by atoms with Gasteiger partial charge in [0.2, 0.25) is 0 Å². The molecule has 0 aliphatic carbocycles. The van der Waals surface area contributed by atoms with Gasteiger partial charge in [0.15, 0.2) is 5.11 Å². The van der Waals surface area contributed by atoms with Gasteiger partial charge in [0.1, 0.15) is 5.82 Å². The topological polar surface area (TPSA) is 46.0 Å². The molecule has 1 N–H and O–H groups in total. The standard InChI is InChI=1S/C26H24FN5S/c1-17-14-22(18(2)32(17)21-7-5-6-20(27)15-21)25-24(23-8-3-4-11-29-23)30-26(33)31(25)16-19-9-12-28-13-10-19/h3-15,24-25H,16H2,1-2H3,(H,30,33)/t24-,25+/m0/s1. The maximum Gasteiger partial charge on any atom is 0.170 e. The van der Waals surface area contributed by atoms with Gasteiger partial charge in [-0.05, 0) is 85.7 Å². The van der Waals surface area contributed by atoms with Crippen molar-refractivity contribution in [2.45, 2.75) is 32.5 Å². The molecule has 0 bridgehead atoms. The third kappa shape index (κ3) is 4.00. The van der Waals surface area contributed by atoms with Crippen molar-refractivity contribution in [3.05, 3.63) is 113 Å². The molecule has 0 spiro atoms. The van der Waals surface area contributed by atoms with Crippen LogP contribution in [0.15, 0.2) is 79.3 Å². The summed E-state index contributed by atoms with van der Waals surface area (Å²) in [5.41, 5.74) is 6.08. The van der Waals surface area contributed by atoms with Gasteiger partial charge in [0.25, 0.3) is 0 Å². The van der Waals surface area contributed by atoms with Gasteiger partial charge >= 0.3 is 0 Å². The maximum atomic E-state index is 14.0. The number of aromatic nitrogens is 3. The van der Waals surface area contributed by atoms with E-state index in [1.165, 1.54) is 6.07 Å². The zero-order valence-electron chi connectivity index (χ0n) is 18.4. The van der Waals surface area contributed by atoms with Gasteiger partial charge in [-0.2, -0.15) is 0 Å². The summed E-state index contributed by atoms with van der Waals surface area (Å²) in [6, 6.07) is 18.6. The van der Waals surface area contributed by atoms with Crippen LogP contribution in [0, 0.1) is 19.7 Å². The number of halogens is 1. The number of rotatable bonds is 5. The average molecular weight is 458 g/mol. The normalized spacial score (nSPS) is 17.9. The molecule has 3 aromatic heterocycles. The van der Waals surface area contributed by atoms with Crippen LogP contribution in [0.5, 0.6) is 0 Å². The highest BCUT2D eigenvalue weighted by atomic mass is 32.1. The first kappa shape index (κ1) is 21.3.